The van der Waals surface area contributed by atoms with E-state index in [1.807, 2.05) is 13.8 Å². The van der Waals surface area contributed by atoms with Gasteiger partial charge in [0.05, 0.1) is 0 Å². The van der Waals surface area contributed by atoms with Crippen molar-refractivity contribution in [2.45, 2.75) is 45.1 Å². The van der Waals surface area contributed by atoms with Crippen LogP contribution in [0.4, 0.5) is 0 Å². The smallest absolute Gasteiger partial charge is 0.303 e. The van der Waals surface area contributed by atoms with Gasteiger partial charge in [0.2, 0.25) is 0 Å². The maximum Gasteiger partial charge on any atom is 0.303 e. The Balaban J connectivity index is 3.22. The van der Waals surface area contributed by atoms with Crippen LogP contribution in [0, 0.1) is 0 Å². The van der Waals surface area contributed by atoms with E-state index in [1.165, 1.54) is 0 Å². The Bertz CT molecular complexity index is 127. The molecule has 11 heavy (non-hydrogen) atoms. The van der Waals surface area contributed by atoms with Crippen molar-refractivity contribution in [3.63, 3.8) is 0 Å². The first-order chi connectivity index (χ1) is 4.92. The molecule has 0 spiro atoms. The molecule has 0 atom stereocenters. The first kappa shape index (κ1) is 10.4. The van der Waals surface area contributed by atoms with E-state index in [1.54, 1.807) is 0 Å². The van der Waals surface area contributed by atoms with Crippen LogP contribution < -0.4 is 5.73 Å². The summed E-state index contributed by atoms with van der Waals surface area (Å²) in [6.45, 7) is 3.90. The number of nitrogens with two attached hydrogens (primary N) is 1. The fraction of sp³-hybridized carbons (Fsp3) is 0.875. The van der Waals surface area contributed by atoms with Crippen molar-refractivity contribution in [3.05, 3.63) is 0 Å². The molecule has 0 saturated carbocycles. The van der Waals surface area contributed by atoms with Gasteiger partial charge in [0.1, 0.15) is 0 Å². The number of carboxylic acid groups (broad SMARTS) is 1. The highest BCUT2D eigenvalue weighted by atomic mass is 16.4. The summed E-state index contributed by atoms with van der Waals surface area (Å²) >= 11 is 0. The van der Waals surface area contributed by atoms with E-state index in [-0.39, 0.29) is 12.0 Å². The molecule has 0 heterocycles. The van der Waals surface area contributed by atoms with E-state index in [0.29, 0.717) is 0 Å². The lowest BCUT2D eigenvalue weighted by atomic mass is 9.98. The molecule has 0 rings (SSSR count). The summed E-state index contributed by atoms with van der Waals surface area (Å²) in [5, 5.41) is 8.31. The monoisotopic (exact) mass is 159 g/mol. The predicted molar refractivity (Wildman–Crippen MR) is 44.4 cm³/mol. The van der Waals surface area contributed by atoms with Crippen molar-refractivity contribution in [2.75, 3.05) is 0 Å². The molecule has 3 N–H and O–H groups in total. The van der Waals surface area contributed by atoms with E-state index in [4.69, 9.17) is 10.8 Å². The molecule has 0 bridgehead atoms. The zero-order valence-electron chi connectivity index (χ0n) is 7.26. The summed E-state index contributed by atoms with van der Waals surface area (Å²) in [7, 11) is 0. The SMILES string of the molecule is CC(C)(N)CCCCC(=O)O. The molecule has 0 aliphatic rings. The molecule has 0 aromatic carbocycles. The third-order valence-corrected chi connectivity index (χ3v) is 1.46. The Morgan fingerprint density at radius 2 is 2.00 bits per heavy atom. The van der Waals surface area contributed by atoms with Gasteiger partial charge in [-0.1, -0.05) is 6.42 Å². The van der Waals surface area contributed by atoms with Crippen LogP contribution >= 0.6 is 0 Å². The third kappa shape index (κ3) is 9.43. The first-order valence-electron chi connectivity index (χ1n) is 3.92. The Morgan fingerprint density at radius 3 is 2.36 bits per heavy atom. The van der Waals surface area contributed by atoms with Crippen molar-refractivity contribution in [2.24, 2.45) is 5.73 Å². The van der Waals surface area contributed by atoms with Gasteiger partial charge in [-0.3, -0.25) is 4.79 Å². The number of hydrogen-bond donors (Lipinski definition) is 2. The van der Waals surface area contributed by atoms with Crippen LogP contribution in [-0.4, -0.2) is 16.6 Å². The average molecular weight is 159 g/mol. The van der Waals surface area contributed by atoms with Gasteiger partial charge >= 0.3 is 5.97 Å². The molecule has 0 unspecified atom stereocenters. The van der Waals surface area contributed by atoms with Gasteiger partial charge in [-0.2, -0.15) is 0 Å². The average Bonchev–Trinajstić information content (AvgIpc) is 1.78. The van der Waals surface area contributed by atoms with Crippen molar-refractivity contribution in [1.29, 1.82) is 0 Å². The van der Waals surface area contributed by atoms with Crippen molar-refractivity contribution in [3.8, 4) is 0 Å². The van der Waals surface area contributed by atoms with E-state index in [2.05, 4.69) is 0 Å². The normalized spacial score (nSPS) is 11.5. The van der Waals surface area contributed by atoms with Gasteiger partial charge in [-0.15, -0.1) is 0 Å². The number of hydrogen-bond acceptors (Lipinski definition) is 2. The fourth-order valence-electron chi connectivity index (χ4n) is 0.857. The second-order valence-electron chi connectivity index (χ2n) is 3.59. The molecule has 0 aliphatic carbocycles. The summed E-state index contributed by atoms with van der Waals surface area (Å²) in [6, 6.07) is 0. The molecule has 0 radical (unpaired) electrons. The van der Waals surface area contributed by atoms with Crippen LogP contribution in [0.3, 0.4) is 0 Å². The molecule has 66 valence electrons. The number of carboxylic acids is 1. The Labute approximate surface area is 67.6 Å². The predicted octanol–water partition coefficient (Wildman–Crippen LogP) is 1.37. The lowest BCUT2D eigenvalue weighted by Gasteiger charge is -2.17. The molecule has 0 aromatic heterocycles. The van der Waals surface area contributed by atoms with Crippen molar-refractivity contribution in [1.82, 2.24) is 0 Å². The van der Waals surface area contributed by atoms with Gasteiger partial charge in [0.25, 0.3) is 0 Å². The molecule has 0 amide bonds. The van der Waals surface area contributed by atoms with E-state index in [0.717, 1.165) is 19.3 Å². The standard InChI is InChI=1S/C8H17NO2/c1-8(2,9)6-4-3-5-7(10)11/h3-6,9H2,1-2H3,(H,10,11). The Morgan fingerprint density at radius 1 is 1.45 bits per heavy atom. The van der Waals surface area contributed by atoms with Gasteiger partial charge in [0, 0.05) is 12.0 Å². The summed E-state index contributed by atoms with van der Waals surface area (Å²) in [5.74, 6) is -0.722. The second-order valence-corrected chi connectivity index (χ2v) is 3.59. The summed E-state index contributed by atoms with van der Waals surface area (Å²) in [5.41, 5.74) is 5.55. The zero-order chi connectivity index (χ0) is 8.91. The van der Waals surface area contributed by atoms with Gasteiger partial charge in [0.15, 0.2) is 0 Å². The Kier molecular flexibility index (Phi) is 4.11. The van der Waals surface area contributed by atoms with Crippen molar-refractivity contribution < 1.29 is 9.90 Å². The van der Waals surface area contributed by atoms with Crippen LogP contribution in [0.5, 0.6) is 0 Å². The minimum atomic E-state index is -0.722. The van der Waals surface area contributed by atoms with Crippen LogP contribution in [-0.2, 0) is 4.79 Å². The lowest BCUT2D eigenvalue weighted by molar-refractivity contribution is -0.137. The second kappa shape index (κ2) is 4.34. The highest BCUT2D eigenvalue weighted by molar-refractivity contribution is 5.66. The maximum absolute atomic E-state index is 10.1. The molecule has 3 nitrogen and oxygen atoms in total. The highest BCUT2D eigenvalue weighted by Gasteiger charge is 2.09. The van der Waals surface area contributed by atoms with Gasteiger partial charge in [-0.25, -0.2) is 0 Å². The summed E-state index contributed by atoms with van der Waals surface area (Å²) in [4.78, 5) is 10.1. The summed E-state index contributed by atoms with van der Waals surface area (Å²) < 4.78 is 0. The van der Waals surface area contributed by atoms with Crippen molar-refractivity contribution >= 4 is 5.97 Å². The van der Waals surface area contributed by atoms with E-state index >= 15 is 0 Å². The molecular formula is C8H17NO2. The first-order valence-corrected chi connectivity index (χ1v) is 3.92. The minimum Gasteiger partial charge on any atom is -0.481 e. The van der Waals surface area contributed by atoms with E-state index < -0.39 is 5.97 Å². The van der Waals surface area contributed by atoms with Crippen LogP contribution in [0.25, 0.3) is 0 Å². The summed E-state index contributed by atoms with van der Waals surface area (Å²) in [6.07, 6.45) is 2.78. The van der Waals surface area contributed by atoms with Crippen LogP contribution in [0.15, 0.2) is 0 Å². The molecular weight excluding hydrogens is 142 g/mol. The number of aliphatic carboxylic acids is 1. The molecule has 0 aliphatic heterocycles. The number of rotatable bonds is 5. The number of carbonyl (C=O) groups is 1. The third-order valence-electron chi connectivity index (χ3n) is 1.46. The Hall–Kier alpha value is -0.570. The van der Waals surface area contributed by atoms with Crippen LogP contribution in [0.1, 0.15) is 39.5 Å². The van der Waals surface area contributed by atoms with E-state index in [9.17, 15) is 4.79 Å². The fourth-order valence-corrected chi connectivity index (χ4v) is 0.857. The quantitative estimate of drug-likeness (QED) is 0.595. The molecule has 0 saturated heterocycles. The topological polar surface area (TPSA) is 63.3 Å². The lowest BCUT2D eigenvalue weighted by Crippen LogP contribution is -2.31. The molecule has 0 fully saturated rings. The maximum atomic E-state index is 10.1. The largest absolute Gasteiger partial charge is 0.481 e. The van der Waals surface area contributed by atoms with Crippen LogP contribution in [0.2, 0.25) is 0 Å². The number of unbranched alkanes of at least 4 members (excludes halogenated alkanes) is 1. The highest BCUT2D eigenvalue weighted by Crippen LogP contribution is 2.10. The molecule has 0 aromatic rings. The van der Waals surface area contributed by atoms with Gasteiger partial charge in [-0.05, 0) is 26.7 Å². The van der Waals surface area contributed by atoms with Gasteiger partial charge < -0.3 is 10.8 Å². The molecule has 3 heteroatoms. The minimum absolute atomic E-state index is 0.154. The zero-order valence-corrected chi connectivity index (χ0v) is 7.26.